The molecule has 0 atom stereocenters. The highest BCUT2D eigenvalue weighted by atomic mass is 35.5. The molecule has 0 aromatic carbocycles. The monoisotopic (exact) mass is 284 g/mol. The van der Waals surface area contributed by atoms with Gasteiger partial charge in [-0.3, -0.25) is 9.88 Å². The molecule has 1 aliphatic heterocycles. The Morgan fingerprint density at radius 3 is 2.63 bits per heavy atom. The smallest absolute Gasteiger partial charge is 0.183 e. The van der Waals surface area contributed by atoms with Crippen LogP contribution in [-0.2, 0) is 6.54 Å². The maximum atomic E-state index is 5.91. The van der Waals surface area contributed by atoms with E-state index in [1.165, 1.54) is 0 Å². The van der Waals surface area contributed by atoms with E-state index in [0.29, 0.717) is 5.92 Å². The molecule has 5 heteroatoms. The third kappa shape index (κ3) is 3.51. The molecule has 1 aliphatic rings. The molecule has 0 aliphatic carbocycles. The molecular weight excluding hydrogens is 264 g/mol. The fourth-order valence-corrected chi connectivity index (χ4v) is 2.78. The summed E-state index contributed by atoms with van der Waals surface area (Å²) in [6.07, 6.45) is 4.09. The third-order valence-corrected chi connectivity index (χ3v) is 4.10. The number of piperidine rings is 1. The molecule has 4 nitrogen and oxygen atoms in total. The zero-order valence-electron chi connectivity index (χ0n) is 11.6. The summed E-state index contributed by atoms with van der Waals surface area (Å²) in [6, 6.07) is 1.82. The van der Waals surface area contributed by atoms with Crippen LogP contribution in [0.25, 0.3) is 0 Å². The number of likely N-dealkylation sites (tertiary alicyclic amines) is 1. The summed E-state index contributed by atoms with van der Waals surface area (Å²) in [5.74, 6) is 2.92. The number of hydrogen-bond acceptors (Lipinski definition) is 4. The SMILES string of the molecule is COc1ccnc(CN2CCC(CCl)CC2)c1OC. The van der Waals surface area contributed by atoms with Crippen LogP contribution in [0.15, 0.2) is 12.3 Å². The maximum absolute atomic E-state index is 5.91. The van der Waals surface area contributed by atoms with Crippen molar-refractivity contribution >= 4 is 11.6 Å². The molecule has 1 aromatic rings. The fraction of sp³-hybridized carbons (Fsp3) is 0.643. The van der Waals surface area contributed by atoms with Crippen LogP contribution in [-0.4, -0.2) is 43.1 Å². The van der Waals surface area contributed by atoms with Gasteiger partial charge in [0, 0.05) is 24.7 Å². The highest BCUT2D eigenvalue weighted by Gasteiger charge is 2.20. The number of aromatic nitrogens is 1. The van der Waals surface area contributed by atoms with Crippen LogP contribution in [0.1, 0.15) is 18.5 Å². The first kappa shape index (κ1) is 14.4. The first-order valence-electron chi connectivity index (χ1n) is 6.62. The predicted octanol–water partition coefficient (Wildman–Crippen LogP) is 2.55. The van der Waals surface area contributed by atoms with E-state index in [4.69, 9.17) is 21.1 Å². The lowest BCUT2D eigenvalue weighted by molar-refractivity contribution is 0.182. The molecule has 1 saturated heterocycles. The Hall–Kier alpha value is -1.00. The average molecular weight is 285 g/mol. The van der Waals surface area contributed by atoms with E-state index in [9.17, 15) is 0 Å². The van der Waals surface area contributed by atoms with E-state index in [-0.39, 0.29) is 0 Å². The van der Waals surface area contributed by atoms with Crippen molar-refractivity contribution in [3.63, 3.8) is 0 Å². The van der Waals surface area contributed by atoms with Gasteiger partial charge in [-0.05, 0) is 31.8 Å². The molecule has 1 aromatic heterocycles. The maximum Gasteiger partial charge on any atom is 0.183 e. The van der Waals surface area contributed by atoms with Crippen molar-refractivity contribution in [2.75, 3.05) is 33.2 Å². The van der Waals surface area contributed by atoms with Crippen molar-refractivity contribution in [1.29, 1.82) is 0 Å². The van der Waals surface area contributed by atoms with Crippen LogP contribution in [0.2, 0.25) is 0 Å². The largest absolute Gasteiger partial charge is 0.493 e. The molecule has 0 saturated carbocycles. The Kier molecular flexibility index (Phi) is 5.28. The summed E-state index contributed by atoms with van der Waals surface area (Å²) in [4.78, 5) is 6.81. The Balaban J connectivity index is 2.03. The molecule has 0 N–H and O–H groups in total. The zero-order chi connectivity index (χ0) is 13.7. The van der Waals surface area contributed by atoms with E-state index < -0.39 is 0 Å². The van der Waals surface area contributed by atoms with Crippen LogP contribution < -0.4 is 9.47 Å². The van der Waals surface area contributed by atoms with E-state index in [1.54, 1.807) is 20.4 Å². The van der Waals surface area contributed by atoms with Gasteiger partial charge in [-0.2, -0.15) is 0 Å². The second kappa shape index (κ2) is 6.96. The van der Waals surface area contributed by atoms with Crippen LogP contribution in [0.5, 0.6) is 11.5 Å². The standard InChI is InChI=1S/C14H21ClN2O2/c1-18-13-3-6-16-12(14(13)19-2)10-17-7-4-11(9-15)5-8-17/h3,6,11H,4-5,7-10H2,1-2H3. The minimum absolute atomic E-state index is 0.665. The lowest BCUT2D eigenvalue weighted by Crippen LogP contribution is -2.34. The van der Waals surface area contributed by atoms with Crippen LogP contribution in [0.4, 0.5) is 0 Å². The van der Waals surface area contributed by atoms with E-state index >= 15 is 0 Å². The molecule has 0 spiro atoms. The number of methoxy groups -OCH3 is 2. The van der Waals surface area contributed by atoms with Crippen molar-refractivity contribution < 1.29 is 9.47 Å². The molecule has 2 heterocycles. The van der Waals surface area contributed by atoms with Crippen molar-refractivity contribution in [2.45, 2.75) is 19.4 Å². The molecule has 0 radical (unpaired) electrons. The Bertz CT molecular complexity index is 406. The third-order valence-electron chi connectivity index (χ3n) is 3.66. The molecule has 19 heavy (non-hydrogen) atoms. The van der Waals surface area contributed by atoms with E-state index in [1.807, 2.05) is 6.07 Å². The molecule has 0 amide bonds. The summed E-state index contributed by atoms with van der Waals surface area (Å²) in [6.45, 7) is 2.94. The molecule has 0 unspecified atom stereocenters. The highest BCUT2D eigenvalue weighted by Crippen LogP contribution is 2.30. The van der Waals surface area contributed by atoms with Crippen molar-refractivity contribution in [3.8, 4) is 11.5 Å². The van der Waals surface area contributed by atoms with Gasteiger partial charge in [0.25, 0.3) is 0 Å². The first-order chi connectivity index (χ1) is 9.28. The Morgan fingerprint density at radius 2 is 2.05 bits per heavy atom. The number of nitrogens with zero attached hydrogens (tertiary/aromatic N) is 2. The van der Waals surface area contributed by atoms with Gasteiger partial charge in [0.2, 0.25) is 0 Å². The Labute approximate surface area is 119 Å². The first-order valence-corrected chi connectivity index (χ1v) is 7.16. The van der Waals surface area contributed by atoms with Crippen molar-refractivity contribution in [3.05, 3.63) is 18.0 Å². The summed E-state index contributed by atoms with van der Waals surface area (Å²) in [5.41, 5.74) is 0.936. The number of rotatable bonds is 5. The molecule has 0 bridgehead atoms. The van der Waals surface area contributed by atoms with Crippen LogP contribution >= 0.6 is 11.6 Å². The summed E-state index contributed by atoms with van der Waals surface area (Å²) >= 11 is 5.91. The lowest BCUT2D eigenvalue weighted by atomic mass is 9.99. The number of ether oxygens (including phenoxy) is 2. The molecule has 106 valence electrons. The van der Waals surface area contributed by atoms with Gasteiger partial charge in [-0.15, -0.1) is 11.6 Å². The van der Waals surface area contributed by atoms with Crippen LogP contribution in [0, 0.1) is 5.92 Å². The van der Waals surface area contributed by atoms with Gasteiger partial charge in [-0.1, -0.05) is 0 Å². The van der Waals surface area contributed by atoms with Crippen molar-refractivity contribution in [1.82, 2.24) is 9.88 Å². The molecule has 1 fully saturated rings. The molecular formula is C14H21ClN2O2. The zero-order valence-corrected chi connectivity index (χ0v) is 12.3. The number of alkyl halides is 1. The van der Waals surface area contributed by atoms with Gasteiger partial charge < -0.3 is 9.47 Å². The second-order valence-corrected chi connectivity index (χ2v) is 5.18. The van der Waals surface area contributed by atoms with Gasteiger partial charge in [-0.25, -0.2) is 0 Å². The fourth-order valence-electron chi connectivity index (χ4n) is 2.47. The quantitative estimate of drug-likeness (QED) is 0.779. The topological polar surface area (TPSA) is 34.6 Å². The van der Waals surface area contributed by atoms with E-state index in [2.05, 4.69) is 9.88 Å². The normalized spacial score (nSPS) is 17.4. The van der Waals surface area contributed by atoms with Crippen LogP contribution in [0.3, 0.4) is 0 Å². The van der Waals surface area contributed by atoms with Gasteiger partial charge >= 0.3 is 0 Å². The second-order valence-electron chi connectivity index (χ2n) is 4.87. The average Bonchev–Trinajstić information content (AvgIpc) is 2.47. The molecule has 2 rings (SSSR count). The summed E-state index contributed by atoms with van der Waals surface area (Å²) in [7, 11) is 3.30. The lowest BCUT2D eigenvalue weighted by Gasteiger charge is -2.31. The summed E-state index contributed by atoms with van der Waals surface area (Å²) in [5, 5.41) is 0. The highest BCUT2D eigenvalue weighted by molar-refractivity contribution is 6.18. The number of hydrogen-bond donors (Lipinski definition) is 0. The number of pyridine rings is 1. The van der Waals surface area contributed by atoms with Crippen molar-refractivity contribution in [2.24, 2.45) is 5.92 Å². The minimum atomic E-state index is 0.665. The van der Waals surface area contributed by atoms with Gasteiger partial charge in [0.1, 0.15) is 5.69 Å². The minimum Gasteiger partial charge on any atom is -0.493 e. The predicted molar refractivity (Wildman–Crippen MR) is 76.1 cm³/mol. The van der Waals surface area contributed by atoms with E-state index in [0.717, 1.165) is 55.5 Å². The Morgan fingerprint density at radius 1 is 1.32 bits per heavy atom. The van der Waals surface area contributed by atoms with Gasteiger partial charge in [0.05, 0.1) is 14.2 Å². The van der Waals surface area contributed by atoms with Gasteiger partial charge in [0.15, 0.2) is 11.5 Å². The number of halogens is 1. The summed E-state index contributed by atoms with van der Waals surface area (Å²) < 4.78 is 10.7.